The van der Waals surface area contributed by atoms with Gasteiger partial charge in [0.25, 0.3) is 0 Å². The highest BCUT2D eigenvalue weighted by Gasteiger charge is 2.19. The van der Waals surface area contributed by atoms with Crippen molar-refractivity contribution in [1.82, 2.24) is 29.8 Å². The summed E-state index contributed by atoms with van der Waals surface area (Å²) in [5.41, 5.74) is 3.58. The Morgan fingerprint density at radius 3 is 2.52 bits per heavy atom. The van der Waals surface area contributed by atoms with E-state index in [-0.39, 0.29) is 0 Å². The van der Waals surface area contributed by atoms with Crippen LogP contribution in [0.3, 0.4) is 0 Å². The van der Waals surface area contributed by atoms with Gasteiger partial charge in [0.1, 0.15) is 10.8 Å². The molecule has 136 valence electrons. The molecule has 0 aliphatic carbocycles. The van der Waals surface area contributed by atoms with Crippen molar-refractivity contribution >= 4 is 11.8 Å². The number of pyridine rings is 1. The molecule has 0 aliphatic rings. The van der Waals surface area contributed by atoms with Crippen molar-refractivity contribution in [3.8, 4) is 22.8 Å². The minimum absolute atomic E-state index is 0.535. The number of nitrogens with zero attached hydrogens (tertiary/aromatic N) is 6. The lowest BCUT2D eigenvalue weighted by atomic mass is 10.2. The van der Waals surface area contributed by atoms with Gasteiger partial charge in [0.2, 0.25) is 5.16 Å². The van der Waals surface area contributed by atoms with Gasteiger partial charge in [-0.25, -0.2) is 14.6 Å². The second-order valence-corrected chi connectivity index (χ2v) is 6.92. The van der Waals surface area contributed by atoms with E-state index in [2.05, 4.69) is 20.2 Å². The Morgan fingerprint density at radius 2 is 1.81 bits per heavy atom. The van der Waals surface area contributed by atoms with Crippen LogP contribution in [0.5, 0.6) is 0 Å². The molecule has 0 unspecified atom stereocenters. The second-order valence-electron chi connectivity index (χ2n) is 5.97. The summed E-state index contributed by atoms with van der Waals surface area (Å²) in [4.78, 5) is 13.3. The van der Waals surface area contributed by atoms with Crippen molar-refractivity contribution in [2.24, 2.45) is 0 Å². The van der Waals surface area contributed by atoms with Crippen LogP contribution >= 0.6 is 11.8 Å². The summed E-state index contributed by atoms with van der Waals surface area (Å²) >= 11 is 1.35. The molecular weight excluding hydrogens is 362 g/mol. The lowest BCUT2D eigenvalue weighted by Crippen LogP contribution is -2.12. The van der Waals surface area contributed by atoms with Crippen molar-refractivity contribution in [2.75, 3.05) is 5.84 Å². The Labute approximate surface area is 159 Å². The van der Waals surface area contributed by atoms with E-state index in [0.717, 1.165) is 33.2 Å². The normalized spacial score (nSPS) is 11.1. The maximum atomic E-state index is 6.23. The number of rotatable bonds is 4. The molecule has 0 spiro atoms. The molecule has 9 heteroatoms. The Kier molecular flexibility index (Phi) is 4.36. The second kappa shape index (κ2) is 6.84. The number of hydrogen-bond donors (Lipinski definition) is 1. The van der Waals surface area contributed by atoms with E-state index in [0.29, 0.717) is 16.8 Å². The van der Waals surface area contributed by atoms with Gasteiger partial charge < -0.3 is 10.3 Å². The van der Waals surface area contributed by atoms with Gasteiger partial charge in [-0.05, 0) is 50.7 Å². The third kappa shape index (κ3) is 3.17. The van der Waals surface area contributed by atoms with Crippen molar-refractivity contribution < 1.29 is 4.42 Å². The molecule has 4 aromatic rings. The maximum absolute atomic E-state index is 6.23. The van der Waals surface area contributed by atoms with E-state index < -0.39 is 0 Å². The third-order valence-corrected chi connectivity index (χ3v) is 5.29. The van der Waals surface area contributed by atoms with Crippen molar-refractivity contribution in [1.29, 1.82) is 0 Å². The SMILES string of the molecule is Cc1nc(-c2ccncc2)nc(Sc2nnc(-c3ccoc3C)n2N)c1C. The number of aryl methyl sites for hydroxylation is 2. The summed E-state index contributed by atoms with van der Waals surface area (Å²) in [5, 5.41) is 9.74. The Bertz CT molecular complexity index is 1100. The largest absolute Gasteiger partial charge is 0.469 e. The number of nitrogens with two attached hydrogens (primary N) is 1. The zero-order valence-electron chi connectivity index (χ0n) is 15.0. The molecule has 0 radical (unpaired) electrons. The van der Waals surface area contributed by atoms with Gasteiger partial charge in [0.15, 0.2) is 11.6 Å². The number of furan rings is 1. The summed E-state index contributed by atoms with van der Waals surface area (Å²) in [7, 11) is 0. The molecule has 27 heavy (non-hydrogen) atoms. The molecule has 4 aromatic heterocycles. The van der Waals surface area contributed by atoms with Gasteiger partial charge in [0.05, 0.1) is 11.8 Å². The molecule has 0 atom stereocenters. The van der Waals surface area contributed by atoms with Crippen LogP contribution in [-0.4, -0.2) is 29.8 Å². The minimum atomic E-state index is 0.535. The topological polar surface area (TPSA) is 109 Å². The predicted octanol–water partition coefficient (Wildman–Crippen LogP) is 3.18. The minimum Gasteiger partial charge on any atom is -0.469 e. The summed E-state index contributed by atoms with van der Waals surface area (Å²) < 4.78 is 6.78. The Balaban J connectivity index is 1.72. The Morgan fingerprint density at radius 1 is 1.04 bits per heavy atom. The first-order chi connectivity index (χ1) is 13.0. The standard InChI is InChI=1S/C18H17N7OS/c1-10-11(2)21-15(13-4-7-20-8-5-13)22-17(10)27-18-24-23-16(25(18)19)14-6-9-26-12(14)3/h4-9H,19H2,1-3H3. The van der Waals surface area contributed by atoms with Crippen LogP contribution in [0.2, 0.25) is 0 Å². The molecule has 0 saturated carbocycles. The van der Waals surface area contributed by atoms with Crippen LogP contribution in [0, 0.1) is 20.8 Å². The van der Waals surface area contributed by atoms with Crippen LogP contribution in [0.1, 0.15) is 17.0 Å². The quantitative estimate of drug-likeness (QED) is 0.425. The molecule has 0 aliphatic heterocycles. The van der Waals surface area contributed by atoms with E-state index in [1.54, 1.807) is 18.7 Å². The first-order valence-corrected chi connectivity index (χ1v) is 9.04. The Hall–Kier alpha value is -3.20. The van der Waals surface area contributed by atoms with Gasteiger partial charge in [-0.2, -0.15) is 0 Å². The van der Waals surface area contributed by atoms with Crippen molar-refractivity contribution in [3.05, 3.63) is 53.9 Å². The summed E-state index contributed by atoms with van der Waals surface area (Å²) in [6.45, 7) is 5.79. The van der Waals surface area contributed by atoms with Crippen molar-refractivity contribution in [2.45, 2.75) is 31.0 Å². The van der Waals surface area contributed by atoms with Gasteiger partial charge in [-0.1, -0.05) is 0 Å². The fourth-order valence-electron chi connectivity index (χ4n) is 2.57. The third-order valence-electron chi connectivity index (χ3n) is 4.24. The van der Waals surface area contributed by atoms with Gasteiger partial charge in [0, 0.05) is 29.2 Å². The van der Waals surface area contributed by atoms with Gasteiger partial charge in [-0.15, -0.1) is 10.2 Å². The van der Waals surface area contributed by atoms with Crippen LogP contribution in [-0.2, 0) is 0 Å². The molecule has 0 amide bonds. The number of aromatic nitrogens is 6. The fourth-order valence-corrected chi connectivity index (χ4v) is 3.44. The van der Waals surface area contributed by atoms with Crippen molar-refractivity contribution in [3.63, 3.8) is 0 Å². The average Bonchev–Trinajstić information content (AvgIpc) is 3.25. The molecule has 4 rings (SSSR count). The number of hydrogen-bond acceptors (Lipinski definition) is 8. The van der Waals surface area contributed by atoms with Gasteiger partial charge >= 0.3 is 0 Å². The summed E-state index contributed by atoms with van der Waals surface area (Å²) in [5.74, 6) is 8.14. The predicted molar refractivity (Wildman–Crippen MR) is 101 cm³/mol. The van der Waals surface area contributed by atoms with Crippen LogP contribution in [0.25, 0.3) is 22.8 Å². The molecule has 4 heterocycles. The highest BCUT2D eigenvalue weighted by atomic mass is 32.2. The van der Waals surface area contributed by atoms with Crippen LogP contribution < -0.4 is 5.84 Å². The molecular formula is C18H17N7OS. The first-order valence-electron chi connectivity index (χ1n) is 8.23. The fraction of sp³-hybridized carbons (Fsp3) is 0.167. The van der Waals surface area contributed by atoms with E-state index in [1.165, 1.54) is 16.4 Å². The zero-order chi connectivity index (χ0) is 19.0. The molecule has 2 N–H and O–H groups in total. The summed E-state index contributed by atoms with van der Waals surface area (Å²) in [6.07, 6.45) is 5.04. The van der Waals surface area contributed by atoms with E-state index in [4.69, 9.17) is 15.2 Å². The van der Waals surface area contributed by atoms with Gasteiger partial charge in [-0.3, -0.25) is 4.98 Å². The zero-order valence-corrected chi connectivity index (χ0v) is 15.9. The smallest absolute Gasteiger partial charge is 0.216 e. The van der Waals surface area contributed by atoms with Crippen LogP contribution in [0.4, 0.5) is 0 Å². The monoisotopic (exact) mass is 379 g/mol. The van der Waals surface area contributed by atoms with E-state index in [1.807, 2.05) is 39.0 Å². The molecule has 8 nitrogen and oxygen atoms in total. The van der Waals surface area contributed by atoms with Crippen LogP contribution in [0.15, 0.2) is 51.5 Å². The lowest BCUT2D eigenvalue weighted by Gasteiger charge is -2.09. The maximum Gasteiger partial charge on any atom is 0.216 e. The summed E-state index contributed by atoms with van der Waals surface area (Å²) in [6, 6.07) is 5.58. The highest BCUT2D eigenvalue weighted by molar-refractivity contribution is 7.99. The van der Waals surface area contributed by atoms with E-state index >= 15 is 0 Å². The molecule has 0 saturated heterocycles. The molecule has 0 bridgehead atoms. The first kappa shape index (κ1) is 17.2. The molecule has 0 fully saturated rings. The number of nitrogen functional groups attached to an aromatic ring is 1. The lowest BCUT2D eigenvalue weighted by molar-refractivity contribution is 0.535. The highest BCUT2D eigenvalue weighted by Crippen LogP contribution is 2.32. The molecule has 0 aromatic carbocycles. The average molecular weight is 379 g/mol. The van der Waals surface area contributed by atoms with E-state index in [9.17, 15) is 0 Å².